The maximum atomic E-state index is 3.65. The van der Waals surface area contributed by atoms with Gasteiger partial charge in [0.2, 0.25) is 0 Å². The summed E-state index contributed by atoms with van der Waals surface area (Å²) in [6.07, 6.45) is 2.40. The van der Waals surface area contributed by atoms with Crippen molar-refractivity contribution in [3.63, 3.8) is 0 Å². The second-order valence-corrected chi connectivity index (χ2v) is 6.59. The lowest BCUT2D eigenvalue weighted by Gasteiger charge is -2.31. The molecule has 21 heavy (non-hydrogen) atoms. The van der Waals surface area contributed by atoms with E-state index in [4.69, 9.17) is 0 Å². The van der Waals surface area contributed by atoms with E-state index in [1.54, 1.807) is 0 Å². The molecular formula is C19H34N2. The fourth-order valence-corrected chi connectivity index (χ4v) is 2.90. The number of aryl methyl sites for hydroxylation is 1. The molecule has 1 atom stereocenters. The Labute approximate surface area is 131 Å². The standard InChI is InChI=1S/C19H34N2/c1-7-8-18-9-11-19(12-10-18)17(6)20-13-14-21(15(2)3)16(4)5/h9-12,15-17,20H,7-8,13-14H2,1-6H3. The highest BCUT2D eigenvalue weighted by atomic mass is 15.2. The van der Waals surface area contributed by atoms with E-state index in [1.807, 2.05) is 0 Å². The molecule has 0 amide bonds. The molecule has 1 N–H and O–H groups in total. The SMILES string of the molecule is CCCc1ccc(C(C)NCCN(C(C)C)C(C)C)cc1. The number of hydrogen-bond acceptors (Lipinski definition) is 2. The van der Waals surface area contributed by atoms with Gasteiger partial charge in [0.25, 0.3) is 0 Å². The summed E-state index contributed by atoms with van der Waals surface area (Å²) >= 11 is 0. The first-order chi connectivity index (χ1) is 9.95. The van der Waals surface area contributed by atoms with E-state index in [9.17, 15) is 0 Å². The minimum Gasteiger partial charge on any atom is -0.309 e. The third-order valence-corrected chi connectivity index (χ3v) is 4.17. The van der Waals surface area contributed by atoms with Crippen LogP contribution in [-0.2, 0) is 6.42 Å². The highest BCUT2D eigenvalue weighted by Gasteiger charge is 2.13. The molecule has 0 bridgehead atoms. The van der Waals surface area contributed by atoms with Crippen LogP contribution in [-0.4, -0.2) is 30.1 Å². The van der Waals surface area contributed by atoms with E-state index in [-0.39, 0.29) is 0 Å². The molecule has 1 aromatic rings. The fourth-order valence-electron chi connectivity index (χ4n) is 2.90. The molecule has 1 rings (SSSR count). The quantitative estimate of drug-likeness (QED) is 0.725. The molecule has 2 heteroatoms. The monoisotopic (exact) mass is 290 g/mol. The smallest absolute Gasteiger partial charge is 0.0292 e. The Morgan fingerprint density at radius 1 is 0.952 bits per heavy atom. The van der Waals surface area contributed by atoms with Crippen molar-refractivity contribution in [2.75, 3.05) is 13.1 Å². The molecule has 0 aliphatic rings. The molecule has 0 saturated heterocycles. The first-order valence-electron chi connectivity index (χ1n) is 8.53. The van der Waals surface area contributed by atoms with Gasteiger partial charge in [0.15, 0.2) is 0 Å². The van der Waals surface area contributed by atoms with Crippen LogP contribution in [0.3, 0.4) is 0 Å². The van der Waals surface area contributed by atoms with Gasteiger partial charge in [-0.05, 0) is 52.2 Å². The van der Waals surface area contributed by atoms with Gasteiger partial charge in [-0.15, -0.1) is 0 Å². The summed E-state index contributed by atoms with van der Waals surface area (Å²) in [5.41, 5.74) is 2.83. The normalized spacial score (nSPS) is 13.4. The minimum atomic E-state index is 0.418. The molecule has 1 aromatic carbocycles. The predicted molar refractivity (Wildman–Crippen MR) is 93.8 cm³/mol. The molecule has 1 unspecified atom stereocenters. The van der Waals surface area contributed by atoms with Crippen LogP contribution in [0.2, 0.25) is 0 Å². The van der Waals surface area contributed by atoms with Crippen LogP contribution in [0, 0.1) is 0 Å². The number of benzene rings is 1. The van der Waals surface area contributed by atoms with Crippen LogP contribution < -0.4 is 5.32 Å². The molecule has 0 spiro atoms. The van der Waals surface area contributed by atoms with E-state index in [0.717, 1.165) is 13.1 Å². The zero-order valence-electron chi connectivity index (χ0n) is 14.8. The Morgan fingerprint density at radius 3 is 2.00 bits per heavy atom. The number of nitrogens with zero attached hydrogens (tertiary/aromatic N) is 1. The summed E-state index contributed by atoms with van der Waals surface area (Å²) in [6, 6.07) is 10.7. The molecule has 0 saturated carbocycles. The highest BCUT2D eigenvalue weighted by molar-refractivity contribution is 5.24. The molecule has 0 aliphatic heterocycles. The Kier molecular flexibility index (Phi) is 7.98. The molecule has 0 aliphatic carbocycles. The maximum absolute atomic E-state index is 3.65. The van der Waals surface area contributed by atoms with E-state index in [1.165, 1.54) is 24.0 Å². The Bertz CT molecular complexity index is 373. The van der Waals surface area contributed by atoms with Gasteiger partial charge in [-0.25, -0.2) is 0 Å². The third kappa shape index (κ3) is 6.19. The van der Waals surface area contributed by atoms with Crippen molar-refractivity contribution in [1.29, 1.82) is 0 Å². The van der Waals surface area contributed by atoms with Gasteiger partial charge in [0, 0.05) is 31.2 Å². The molecule has 2 nitrogen and oxygen atoms in total. The van der Waals surface area contributed by atoms with Crippen molar-refractivity contribution in [3.8, 4) is 0 Å². The van der Waals surface area contributed by atoms with Crippen molar-refractivity contribution in [2.24, 2.45) is 0 Å². The van der Waals surface area contributed by atoms with Crippen LogP contribution in [0.4, 0.5) is 0 Å². The zero-order valence-corrected chi connectivity index (χ0v) is 14.8. The number of rotatable bonds is 9. The summed E-state index contributed by atoms with van der Waals surface area (Å²) in [5.74, 6) is 0. The summed E-state index contributed by atoms with van der Waals surface area (Å²) in [4.78, 5) is 2.53. The van der Waals surface area contributed by atoms with Gasteiger partial charge in [0.1, 0.15) is 0 Å². The molecule has 0 aromatic heterocycles. The second kappa shape index (κ2) is 9.22. The van der Waals surface area contributed by atoms with Gasteiger partial charge in [-0.2, -0.15) is 0 Å². The lowest BCUT2D eigenvalue weighted by atomic mass is 10.0. The van der Waals surface area contributed by atoms with E-state index in [0.29, 0.717) is 18.1 Å². The molecule has 120 valence electrons. The molecule has 0 heterocycles. The predicted octanol–water partition coefficient (Wildman–Crippen LogP) is 4.41. The Morgan fingerprint density at radius 2 is 1.52 bits per heavy atom. The second-order valence-electron chi connectivity index (χ2n) is 6.59. The topological polar surface area (TPSA) is 15.3 Å². The van der Waals surface area contributed by atoms with Crippen LogP contribution in [0.15, 0.2) is 24.3 Å². The average Bonchev–Trinajstić information content (AvgIpc) is 2.43. The Balaban J connectivity index is 2.44. The highest BCUT2D eigenvalue weighted by Crippen LogP contribution is 2.14. The minimum absolute atomic E-state index is 0.418. The van der Waals surface area contributed by atoms with Gasteiger partial charge < -0.3 is 5.32 Å². The molecule has 0 radical (unpaired) electrons. The largest absolute Gasteiger partial charge is 0.309 e. The fraction of sp³-hybridized carbons (Fsp3) is 0.684. The van der Waals surface area contributed by atoms with Crippen molar-refractivity contribution < 1.29 is 0 Å². The van der Waals surface area contributed by atoms with Crippen LogP contribution in [0.5, 0.6) is 0 Å². The van der Waals surface area contributed by atoms with Crippen molar-refractivity contribution >= 4 is 0 Å². The van der Waals surface area contributed by atoms with Crippen LogP contribution in [0.1, 0.15) is 65.1 Å². The summed E-state index contributed by atoms with van der Waals surface area (Å²) < 4.78 is 0. The number of nitrogens with one attached hydrogen (secondary N) is 1. The molecule has 0 fully saturated rings. The average molecular weight is 290 g/mol. The lowest BCUT2D eigenvalue weighted by Crippen LogP contribution is -2.41. The van der Waals surface area contributed by atoms with E-state index < -0.39 is 0 Å². The Hall–Kier alpha value is -0.860. The van der Waals surface area contributed by atoms with Crippen LogP contribution >= 0.6 is 0 Å². The van der Waals surface area contributed by atoms with Crippen LogP contribution in [0.25, 0.3) is 0 Å². The molecular weight excluding hydrogens is 256 g/mol. The summed E-state index contributed by atoms with van der Waals surface area (Å²) in [6.45, 7) is 15.7. The zero-order chi connectivity index (χ0) is 15.8. The summed E-state index contributed by atoms with van der Waals surface area (Å²) in [5, 5.41) is 3.65. The number of hydrogen-bond donors (Lipinski definition) is 1. The lowest BCUT2D eigenvalue weighted by molar-refractivity contribution is 0.174. The maximum Gasteiger partial charge on any atom is 0.0292 e. The van der Waals surface area contributed by atoms with Gasteiger partial charge in [0.05, 0.1) is 0 Å². The van der Waals surface area contributed by atoms with Crippen molar-refractivity contribution in [1.82, 2.24) is 10.2 Å². The summed E-state index contributed by atoms with van der Waals surface area (Å²) in [7, 11) is 0. The van der Waals surface area contributed by atoms with Crippen molar-refractivity contribution in [2.45, 2.75) is 72.5 Å². The van der Waals surface area contributed by atoms with E-state index in [2.05, 4.69) is 76.0 Å². The first-order valence-corrected chi connectivity index (χ1v) is 8.53. The van der Waals surface area contributed by atoms with Crippen molar-refractivity contribution in [3.05, 3.63) is 35.4 Å². The first kappa shape index (κ1) is 18.2. The van der Waals surface area contributed by atoms with Gasteiger partial charge >= 0.3 is 0 Å². The van der Waals surface area contributed by atoms with Gasteiger partial charge in [-0.3, -0.25) is 4.90 Å². The third-order valence-electron chi connectivity index (χ3n) is 4.17. The van der Waals surface area contributed by atoms with E-state index >= 15 is 0 Å². The van der Waals surface area contributed by atoms with Gasteiger partial charge in [-0.1, -0.05) is 37.6 Å².